The first kappa shape index (κ1) is 9.63. The van der Waals surface area contributed by atoms with E-state index < -0.39 is 0 Å². The Bertz CT molecular complexity index is 293. The van der Waals surface area contributed by atoms with Crippen molar-refractivity contribution < 1.29 is 0 Å². The van der Waals surface area contributed by atoms with Crippen molar-refractivity contribution >= 4 is 28.8 Å². The monoisotopic (exact) mass is 200 g/mol. The Balaban J connectivity index is 3.17. The van der Waals surface area contributed by atoms with E-state index >= 15 is 0 Å². The summed E-state index contributed by atoms with van der Waals surface area (Å²) in [6.07, 6.45) is 2.03. The highest BCUT2D eigenvalue weighted by Gasteiger charge is 1.98. The predicted molar refractivity (Wildman–Crippen MR) is 55.8 cm³/mol. The van der Waals surface area contributed by atoms with E-state index in [4.69, 9.17) is 23.2 Å². The molecule has 2 heteroatoms. The molecule has 0 bridgehead atoms. The third-order valence-electron chi connectivity index (χ3n) is 1.75. The van der Waals surface area contributed by atoms with Crippen LogP contribution in [-0.2, 0) is 0 Å². The molecule has 1 aromatic carbocycles. The van der Waals surface area contributed by atoms with Gasteiger partial charge in [-0.15, -0.1) is 0 Å². The number of hydrogen-bond donors (Lipinski definition) is 0. The van der Waals surface area contributed by atoms with E-state index in [1.54, 1.807) is 6.07 Å². The van der Waals surface area contributed by atoms with Gasteiger partial charge in [0.1, 0.15) is 0 Å². The first-order valence-electron chi connectivity index (χ1n) is 3.73. The maximum atomic E-state index is 5.84. The number of hydrogen-bond acceptors (Lipinski definition) is 0. The summed E-state index contributed by atoms with van der Waals surface area (Å²) in [4.78, 5) is 0. The molecule has 0 spiro atoms. The summed E-state index contributed by atoms with van der Waals surface area (Å²) in [5.41, 5.74) is 2.26. The molecule has 0 N–H and O–H groups in total. The van der Waals surface area contributed by atoms with Crippen molar-refractivity contribution in [2.24, 2.45) is 0 Å². The van der Waals surface area contributed by atoms with Crippen molar-refractivity contribution in [1.29, 1.82) is 0 Å². The predicted octanol–water partition coefficient (Wildman–Crippen LogP) is 4.42. The molecule has 0 nitrogen and oxygen atoms in total. The van der Waals surface area contributed by atoms with Crippen molar-refractivity contribution in [1.82, 2.24) is 0 Å². The average Bonchev–Trinajstić information content (AvgIpc) is 2.01. The van der Waals surface area contributed by atoms with Gasteiger partial charge in [0.2, 0.25) is 0 Å². The molecule has 0 amide bonds. The van der Waals surface area contributed by atoms with Crippen LogP contribution in [0.3, 0.4) is 0 Å². The zero-order valence-corrected chi connectivity index (χ0v) is 8.58. The van der Waals surface area contributed by atoms with Crippen molar-refractivity contribution in [3.8, 4) is 0 Å². The van der Waals surface area contributed by atoms with Crippen LogP contribution in [0.4, 0.5) is 0 Å². The third kappa shape index (κ3) is 2.26. The van der Waals surface area contributed by atoms with Gasteiger partial charge in [-0.05, 0) is 43.2 Å². The molecule has 0 saturated carbocycles. The minimum Gasteiger partial charge on any atom is -0.0843 e. The molecule has 0 atom stereocenters. The Labute approximate surface area is 82.8 Å². The summed E-state index contributed by atoms with van der Waals surface area (Å²) in [5, 5.41) is 1.36. The highest BCUT2D eigenvalue weighted by atomic mass is 35.5. The molecule has 12 heavy (non-hydrogen) atoms. The molecule has 0 aliphatic rings. The first-order valence-corrected chi connectivity index (χ1v) is 4.48. The number of rotatable bonds is 1. The minimum absolute atomic E-state index is 0.679. The Morgan fingerprint density at radius 2 is 1.67 bits per heavy atom. The van der Waals surface area contributed by atoms with E-state index in [0.717, 1.165) is 5.56 Å². The van der Waals surface area contributed by atoms with Gasteiger partial charge in [-0.25, -0.2) is 0 Å². The zero-order valence-electron chi connectivity index (χ0n) is 7.07. The van der Waals surface area contributed by atoms with Crippen molar-refractivity contribution in [2.45, 2.75) is 13.8 Å². The fourth-order valence-corrected chi connectivity index (χ4v) is 1.47. The van der Waals surface area contributed by atoms with Gasteiger partial charge in [-0.1, -0.05) is 29.3 Å². The standard InChI is InChI=1S/C10H10Cl2/c1-3-7(2)8-4-9(11)6-10(12)5-8/h3-6H,1-2H3/b7-3+. The van der Waals surface area contributed by atoms with Gasteiger partial charge in [0.05, 0.1) is 0 Å². The highest BCUT2D eigenvalue weighted by Crippen LogP contribution is 2.23. The van der Waals surface area contributed by atoms with Crippen LogP contribution in [0, 0.1) is 0 Å². The van der Waals surface area contributed by atoms with Crippen molar-refractivity contribution in [3.05, 3.63) is 39.9 Å². The molecule has 0 fully saturated rings. The molecule has 0 saturated heterocycles. The van der Waals surface area contributed by atoms with Crippen LogP contribution >= 0.6 is 23.2 Å². The van der Waals surface area contributed by atoms with E-state index in [1.165, 1.54) is 5.57 Å². The zero-order chi connectivity index (χ0) is 9.14. The third-order valence-corrected chi connectivity index (χ3v) is 2.19. The average molecular weight is 201 g/mol. The lowest BCUT2D eigenvalue weighted by atomic mass is 10.1. The Morgan fingerprint density at radius 1 is 1.17 bits per heavy atom. The lowest BCUT2D eigenvalue weighted by molar-refractivity contribution is 1.54. The van der Waals surface area contributed by atoms with E-state index in [-0.39, 0.29) is 0 Å². The lowest BCUT2D eigenvalue weighted by Gasteiger charge is -2.02. The fourth-order valence-electron chi connectivity index (χ4n) is 0.948. The van der Waals surface area contributed by atoms with Crippen LogP contribution in [0.15, 0.2) is 24.3 Å². The summed E-state index contributed by atoms with van der Waals surface area (Å²) >= 11 is 11.7. The number of benzene rings is 1. The Kier molecular flexibility index (Phi) is 3.19. The molecular weight excluding hydrogens is 191 g/mol. The van der Waals surface area contributed by atoms with Crippen LogP contribution in [0.5, 0.6) is 0 Å². The van der Waals surface area contributed by atoms with Gasteiger partial charge in [0, 0.05) is 10.0 Å². The lowest BCUT2D eigenvalue weighted by Crippen LogP contribution is -1.79. The minimum atomic E-state index is 0.679. The molecule has 64 valence electrons. The van der Waals surface area contributed by atoms with Gasteiger partial charge >= 0.3 is 0 Å². The molecule has 0 aliphatic carbocycles. The van der Waals surface area contributed by atoms with Crippen molar-refractivity contribution in [3.63, 3.8) is 0 Å². The van der Waals surface area contributed by atoms with E-state index in [0.29, 0.717) is 10.0 Å². The maximum Gasteiger partial charge on any atom is 0.0426 e. The second kappa shape index (κ2) is 3.97. The van der Waals surface area contributed by atoms with Crippen molar-refractivity contribution in [2.75, 3.05) is 0 Å². The molecule has 1 aromatic rings. The molecule has 0 aromatic heterocycles. The Hall–Kier alpha value is -0.460. The summed E-state index contributed by atoms with van der Waals surface area (Å²) < 4.78 is 0. The highest BCUT2D eigenvalue weighted by molar-refractivity contribution is 6.34. The molecule has 0 unspecified atom stereocenters. The van der Waals surface area contributed by atoms with E-state index in [1.807, 2.05) is 32.1 Å². The normalized spacial score (nSPS) is 11.8. The van der Waals surface area contributed by atoms with E-state index in [2.05, 4.69) is 0 Å². The number of halogens is 2. The first-order chi connectivity index (χ1) is 5.63. The fraction of sp³-hybridized carbons (Fsp3) is 0.200. The smallest absolute Gasteiger partial charge is 0.0426 e. The van der Waals surface area contributed by atoms with Gasteiger partial charge in [-0.2, -0.15) is 0 Å². The molecular formula is C10H10Cl2. The maximum absolute atomic E-state index is 5.84. The second-order valence-electron chi connectivity index (χ2n) is 2.63. The van der Waals surface area contributed by atoms with Gasteiger partial charge < -0.3 is 0 Å². The molecule has 0 heterocycles. The van der Waals surface area contributed by atoms with Crippen LogP contribution < -0.4 is 0 Å². The van der Waals surface area contributed by atoms with Gasteiger partial charge in [0.25, 0.3) is 0 Å². The summed E-state index contributed by atoms with van der Waals surface area (Å²) in [6.45, 7) is 4.02. The SMILES string of the molecule is C/C=C(\C)c1cc(Cl)cc(Cl)c1. The number of allylic oxidation sites excluding steroid dienone is 2. The topological polar surface area (TPSA) is 0 Å². The largest absolute Gasteiger partial charge is 0.0843 e. The summed E-state index contributed by atoms with van der Waals surface area (Å²) in [5.74, 6) is 0. The Morgan fingerprint density at radius 3 is 2.08 bits per heavy atom. The summed E-state index contributed by atoms with van der Waals surface area (Å²) in [7, 11) is 0. The second-order valence-corrected chi connectivity index (χ2v) is 3.50. The molecule has 0 radical (unpaired) electrons. The quantitative estimate of drug-likeness (QED) is 0.630. The molecule has 1 rings (SSSR count). The van der Waals surface area contributed by atoms with E-state index in [9.17, 15) is 0 Å². The van der Waals surface area contributed by atoms with Crippen LogP contribution in [-0.4, -0.2) is 0 Å². The van der Waals surface area contributed by atoms with Gasteiger partial charge in [0.15, 0.2) is 0 Å². The molecule has 0 aliphatic heterocycles. The summed E-state index contributed by atoms with van der Waals surface area (Å²) in [6, 6.07) is 5.54. The van der Waals surface area contributed by atoms with Crippen LogP contribution in [0.1, 0.15) is 19.4 Å². The van der Waals surface area contributed by atoms with Crippen LogP contribution in [0.2, 0.25) is 10.0 Å². The van der Waals surface area contributed by atoms with Crippen LogP contribution in [0.25, 0.3) is 5.57 Å². The van der Waals surface area contributed by atoms with Gasteiger partial charge in [-0.3, -0.25) is 0 Å².